The smallest absolute Gasteiger partial charge is 0.314 e. The molecular formula is C19H26F2N4O2. The Labute approximate surface area is 157 Å². The third kappa shape index (κ3) is 5.79. The Bertz CT molecular complexity index is 685. The summed E-state index contributed by atoms with van der Waals surface area (Å²) in [6.45, 7) is 6.60. The molecule has 1 fully saturated rings. The largest absolute Gasteiger partial charge is 0.415 e. The van der Waals surface area contributed by atoms with E-state index in [4.69, 9.17) is 9.52 Å². The number of aliphatic hydroxyl groups excluding tert-OH is 1. The van der Waals surface area contributed by atoms with Crippen molar-refractivity contribution < 1.29 is 18.3 Å². The molecule has 1 aliphatic heterocycles. The number of aromatic nitrogens is 2. The molecular weight excluding hydrogens is 354 g/mol. The molecule has 1 aliphatic rings. The molecule has 1 aromatic heterocycles. The van der Waals surface area contributed by atoms with Crippen LogP contribution in [0.3, 0.4) is 0 Å². The average molecular weight is 380 g/mol. The highest BCUT2D eigenvalue weighted by Crippen LogP contribution is 2.23. The van der Waals surface area contributed by atoms with Crippen LogP contribution in [0.25, 0.3) is 11.5 Å². The van der Waals surface area contributed by atoms with E-state index >= 15 is 0 Å². The normalized spacial score (nSPS) is 16.3. The number of hydrogen-bond acceptors (Lipinski definition) is 6. The molecule has 0 bridgehead atoms. The highest BCUT2D eigenvalue weighted by molar-refractivity contribution is 5.52. The van der Waals surface area contributed by atoms with Gasteiger partial charge in [0.25, 0.3) is 5.89 Å². The number of halogens is 2. The van der Waals surface area contributed by atoms with Crippen LogP contribution in [0.2, 0.25) is 0 Å². The van der Waals surface area contributed by atoms with Gasteiger partial charge in [-0.25, -0.2) is 0 Å². The van der Waals surface area contributed by atoms with Crippen molar-refractivity contribution in [1.82, 2.24) is 20.0 Å². The molecule has 0 saturated carbocycles. The lowest BCUT2D eigenvalue weighted by Crippen LogP contribution is -2.46. The van der Waals surface area contributed by atoms with Crippen molar-refractivity contribution >= 4 is 0 Å². The summed E-state index contributed by atoms with van der Waals surface area (Å²) >= 11 is 0. The van der Waals surface area contributed by atoms with Crippen LogP contribution < -0.4 is 0 Å². The molecule has 0 spiro atoms. The zero-order valence-corrected chi connectivity index (χ0v) is 15.4. The quantitative estimate of drug-likeness (QED) is 0.721. The van der Waals surface area contributed by atoms with Gasteiger partial charge in [-0.05, 0) is 43.5 Å². The molecule has 0 radical (unpaired) electrons. The van der Waals surface area contributed by atoms with E-state index in [0.717, 1.165) is 58.5 Å². The minimum atomic E-state index is -2.75. The van der Waals surface area contributed by atoms with Crippen molar-refractivity contribution in [3.05, 3.63) is 35.7 Å². The molecule has 0 amide bonds. The Morgan fingerprint density at radius 3 is 2.15 bits per heavy atom. The number of hydrogen-bond donors (Lipinski definition) is 1. The first kappa shape index (κ1) is 19.9. The summed E-state index contributed by atoms with van der Waals surface area (Å²) in [5.74, 6) is -0.526. The summed E-state index contributed by atoms with van der Waals surface area (Å²) in [6.07, 6.45) is 0.147. The molecule has 0 aliphatic carbocycles. The molecule has 1 aromatic carbocycles. The van der Waals surface area contributed by atoms with E-state index in [-0.39, 0.29) is 12.5 Å². The van der Waals surface area contributed by atoms with Gasteiger partial charge in [0, 0.05) is 44.9 Å². The lowest BCUT2D eigenvalue weighted by atomic mass is 10.1. The van der Waals surface area contributed by atoms with Gasteiger partial charge < -0.3 is 19.3 Å². The first-order valence-corrected chi connectivity index (χ1v) is 9.42. The fourth-order valence-electron chi connectivity index (χ4n) is 3.29. The average Bonchev–Trinajstić information content (AvgIpc) is 3.18. The molecule has 2 heterocycles. The van der Waals surface area contributed by atoms with Crippen molar-refractivity contribution in [2.24, 2.45) is 0 Å². The van der Waals surface area contributed by atoms with Crippen molar-refractivity contribution in [3.8, 4) is 11.5 Å². The third-order valence-electron chi connectivity index (χ3n) is 4.87. The molecule has 0 unspecified atom stereocenters. The maximum atomic E-state index is 12.5. The zero-order valence-electron chi connectivity index (χ0n) is 15.4. The summed E-state index contributed by atoms with van der Waals surface area (Å²) in [6, 6.07) is 7.62. The number of nitrogens with zero attached hydrogens (tertiary/aromatic N) is 4. The number of rotatable bonds is 9. The molecule has 27 heavy (non-hydrogen) atoms. The van der Waals surface area contributed by atoms with Crippen molar-refractivity contribution in [3.63, 3.8) is 0 Å². The summed E-state index contributed by atoms with van der Waals surface area (Å²) in [7, 11) is 0. The van der Waals surface area contributed by atoms with Crippen LogP contribution in [-0.2, 0) is 6.42 Å². The van der Waals surface area contributed by atoms with Crippen molar-refractivity contribution in [2.45, 2.75) is 25.7 Å². The lowest BCUT2D eigenvalue weighted by molar-refractivity contribution is 0.116. The highest BCUT2D eigenvalue weighted by atomic mass is 19.3. The molecule has 3 rings (SSSR count). The molecule has 6 nitrogen and oxygen atoms in total. The van der Waals surface area contributed by atoms with E-state index in [0.29, 0.717) is 5.56 Å². The van der Waals surface area contributed by atoms with Crippen LogP contribution in [-0.4, -0.2) is 71.0 Å². The van der Waals surface area contributed by atoms with E-state index in [2.05, 4.69) is 20.0 Å². The Morgan fingerprint density at radius 1 is 0.963 bits per heavy atom. The van der Waals surface area contributed by atoms with Crippen LogP contribution in [0.5, 0.6) is 0 Å². The molecule has 2 aromatic rings. The number of aryl methyl sites for hydroxylation is 1. The predicted molar refractivity (Wildman–Crippen MR) is 97.6 cm³/mol. The van der Waals surface area contributed by atoms with Gasteiger partial charge in [0.2, 0.25) is 5.89 Å². The number of aliphatic hydroxyl groups is 1. The van der Waals surface area contributed by atoms with Gasteiger partial charge in [-0.1, -0.05) is 12.1 Å². The number of benzene rings is 1. The SMILES string of the molecule is OCCCN1CCN(CCCc2ccc(-c3nnc(C(F)F)o3)cc2)CC1. The van der Waals surface area contributed by atoms with Crippen LogP contribution in [0, 0.1) is 0 Å². The number of alkyl halides is 2. The molecule has 0 atom stereocenters. The second kappa shape index (κ2) is 9.87. The van der Waals surface area contributed by atoms with Crippen LogP contribution in [0.15, 0.2) is 28.7 Å². The summed E-state index contributed by atoms with van der Waals surface area (Å²) in [4.78, 5) is 4.89. The van der Waals surface area contributed by atoms with Crippen molar-refractivity contribution in [1.29, 1.82) is 0 Å². The Kier molecular flexibility index (Phi) is 7.25. The fraction of sp³-hybridized carbons (Fsp3) is 0.579. The predicted octanol–water partition coefficient (Wildman–Crippen LogP) is 2.61. The van der Waals surface area contributed by atoms with E-state index in [1.165, 1.54) is 5.56 Å². The van der Waals surface area contributed by atoms with Crippen molar-refractivity contribution in [2.75, 3.05) is 45.9 Å². The lowest BCUT2D eigenvalue weighted by Gasteiger charge is -2.34. The minimum Gasteiger partial charge on any atom is -0.415 e. The molecule has 1 saturated heterocycles. The Morgan fingerprint density at radius 2 is 1.59 bits per heavy atom. The Hall–Kier alpha value is -1.90. The van der Waals surface area contributed by atoms with Gasteiger partial charge in [-0.2, -0.15) is 8.78 Å². The van der Waals surface area contributed by atoms with Gasteiger partial charge in [-0.15, -0.1) is 10.2 Å². The molecule has 8 heteroatoms. The Balaban J connectivity index is 1.40. The van der Waals surface area contributed by atoms with Crippen LogP contribution in [0.4, 0.5) is 8.78 Å². The third-order valence-corrected chi connectivity index (χ3v) is 4.87. The van der Waals surface area contributed by atoms with Gasteiger partial charge in [0.05, 0.1) is 0 Å². The standard InChI is InChI=1S/C19H26F2N4O2/c20-17(21)19-23-22-18(27-19)16-6-4-15(5-7-16)3-1-8-24-10-12-25(13-11-24)9-2-14-26/h4-7,17,26H,1-3,8-14H2. The summed E-state index contributed by atoms with van der Waals surface area (Å²) < 4.78 is 30.0. The van der Waals surface area contributed by atoms with Crippen LogP contribution >= 0.6 is 0 Å². The van der Waals surface area contributed by atoms with Gasteiger partial charge in [0.1, 0.15) is 0 Å². The summed E-state index contributed by atoms with van der Waals surface area (Å²) in [5.41, 5.74) is 1.85. The maximum Gasteiger partial charge on any atom is 0.314 e. The van der Waals surface area contributed by atoms with E-state index in [9.17, 15) is 8.78 Å². The first-order valence-electron chi connectivity index (χ1n) is 9.42. The summed E-state index contributed by atoms with van der Waals surface area (Å²) in [5, 5.41) is 15.9. The zero-order chi connectivity index (χ0) is 19.1. The van der Waals surface area contributed by atoms with E-state index < -0.39 is 12.3 Å². The maximum absolute atomic E-state index is 12.5. The van der Waals surface area contributed by atoms with Gasteiger partial charge >= 0.3 is 6.43 Å². The monoisotopic (exact) mass is 380 g/mol. The highest BCUT2D eigenvalue weighted by Gasteiger charge is 2.17. The number of piperazine rings is 1. The molecule has 1 N–H and O–H groups in total. The minimum absolute atomic E-state index is 0.121. The van der Waals surface area contributed by atoms with Gasteiger partial charge in [0.15, 0.2) is 0 Å². The van der Waals surface area contributed by atoms with E-state index in [1.54, 1.807) is 0 Å². The van der Waals surface area contributed by atoms with Gasteiger partial charge in [-0.3, -0.25) is 0 Å². The first-order chi connectivity index (χ1) is 13.2. The fourth-order valence-corrected chi connectivity index (χ4v) is 3.29. The van der Waals surface area contributed by atoms with E-state index in [1.807, 2.05) is 24.3 Å². The topological polar surface area (TPSA) is 65.6 Å². The molecule has 148 valence electrons. The second-order valence-corrected chi connectivity index (χ2v) is 6.81. The van der Waals surface area contributed by atoms with Crippen LogP contribution in [0.1, 0.15) is 30.7 Å². The second-order valence-electron chi connectivity index (χ2n) is 6.81.